The lowest BCUT2D eigenvalue weighted by Crippen LogP contribution is -2.66. The summed E-state index contributed by atoms with van der Waals surface area (Å²) in [6.07, 6.45) is 10.6. The number of Topliss-reactive ketones (excluding diaryl/α,β-unsaturated/α-hetero) is 1. The van der Waals surface area contributed by atoms with Crippen molar-refractivity contribution in [3.8, 4) is 0 Å². The molecule has 0 aromatic carbocycles. The van der Waals surface area contributed by atoms with Crippen molar-refractivity contribution < 1.29 is 23.9 Å². The molecular formula is C40H64N2O5. The molecule has 0 aliphatic heterocycles. The molecular weight excluding hydrogens is 588 g/mol. The van der Waals surface area contributed by atoms with Gasteiger partial charge in [0.15, 0.2) is 5.78 Å². The minimum absolute atomic E-state index is 0.0389. The summed E-state index contributed by atoms with van der Waals surface area (Å²) < 4.78 is 11.2. The first-order valence-electron chi connectivity index (χ1n) is 18.8. The lowest BCUT2D eigenvalue weighted by atomic mass is 9.33. The van der Waals surface area contributed by atoms with Crippen LogP contribution in [0.3, 0.4) is 0 Å². The van der Waals surface area contributed by atoms with Crippen molar-refractivity contribution in [3.63, 3.8) is 0 Å². The smallest absolute Gasteiger partial charge is 0.408 e. The van der Waals surface area contributed by atoms with Crippen LogP contribution < -0.4 is 10.6 Å². The molecule has 47 heavy (non-hydrogen) atoms. The monoisotopic (exact) mass is 652 g/mol. The molecule has 264 valence electrons. The van der Waals surface area contributed by atoms with Crippen LogP contribution in [-0.2, 0) is 14.3 Å². The maximum atomic E-state index is 13.4. The van der Waals surface area contributed by atoms with Gasteiger partial charge in [-0.2, -0.15) is 0 Å². The number of hydrogen-bond donors (Lipinski definition) is 2. The zero-order chi connectivity index (χ0) is 34.6. The van der Waals surface area contributed by atoms with Crippen LogP contribution in [0, 0.1) is 50.7 Å². The van der Waals surface area contributed by atoms with E-state index in [4.69, 9.17) is 9.47 Å². The van der Waals surface area contributed by atoms with Crippen LogP contribution in [0.25, 0.3) is 0 Å². The highest BCUT2D eigenvalue weighted by Gasteiger charge is 2.69. The van der Waals surface area contributed by atoms with E-state index in [1.54, 1.807) is 5.57 Å². The third kappa shape index (κ3) is 5.47. The number of alkyl carbamates (subject to hydrolysis) is 2. The Morgan fingerprint density at radius 1 is 0.830 bits per heavy atom. The molecule has 7 nitrogen and oxygen atoms in total. The Morgan fingerprint density at radius 2 is 1.51 bits per heavy atom. The van der Waals surface area contributed by atoms with Gasteiger partial charge in [-0.1, -0.05) is 61.0 Å². The van der Waals surface area contributed by atoms with Gasteiger partial charge in [0.05, 0.1) is 5.54 Å². The minimum Gasteiger partial charge on any atom is -0.447 e. The first-order valence-corrected chi connectivity index (χ1v) is 18.8. The molecule has 5 saturated carbocycles. The molecule has 6 aliphatic carbocycles. The Hall–Kier alpha value is -2.05. The van der Waals surface area contributed by atoms with E-state index < -0.39 is 17.2 Å². The van der Waals surface area contributed by atoms with Gasteiger partial charge >= 0.3 is 12.2 Å². The predicted octanol–water partition coefficient (Wildman–Crippen LogP) is 9.14. The highest BCUT2D eigenvalue weighted by Crippen LogP contribution is 2.76. The highest BCUT2D eigenvalue weighted by molar-refractivity contribution is 6.00. The molecule has 0 bridgehead atoms. The summed E-state index contributed by atoms with van der Waals surface area (Å²) in [6.45, 7) is 25.1. The molecule has 0 radical (unpaired) electrons. The number of amides is 2. The second-order valence-corrected chi connectivity index (χ2v) is 19.8. The average molecular weight is 653 g/mol. The summed E-state index contributed by atoms with van der Waals surface area (Å²) in [5.41, 5.74) is 2.23. The molecule has 0 aromatic rings. The second-order valence-electron chi connectivity index (χ2n) is 19.8. The van der Waals surface area contributed by atoms with E-state index >= 15 is 0 Å². The first kappa shape index (κ1) is 34.8. The summed E-state index contributed by atoms with van der Waals surface area (Å²) in [5, 5.41) is 6.22. The van der Waals surface area contributed by atoms with Gasteiger partial charge < -0.3 is 20.1 Å². The van der Waals surface area contributed by atoms with Gasteiger partial charge in [0.1, 0.15) is 12.2 Å². The molecule has 0 heterocycles. The molecule has 1 unspecified atom stereocenters. The van der Waals surface area contributed by atoms with Gasteiger partial charge in [-0.05, 0) is 141 Å². The number of rotatable bonds is 5. The van der Waals surface area contributed by atoms with Crippen LogP contribution in [0.5, 0.6) is 0 Å². The third-order valence-electron chi connectivity index (χ3n) is 15.2. The Bertz CT molecular complexity index is 1350. The topological polar surface area (TPSA) is 93.7 Å². The lowest BCUT2D eigenvalue weighted by molar-refractivity contribution is -0.215. The summed E-state index contributed by atoms with van der Waals surface area (Å²) in [5.74, 6) is 2.35. The quantitative estimate of drug-likeness (QED) is 0.309. The van der Waals surface area contributed by atoms with E-state index in [1.807, 2.05) is 20.8 Å². The fourth-order valence-corrected chi connectivity index (χ4v) is 12.5. The first-order chi connectivity index (χ1) is 21.6. The van der Waals surface area contributed by atoms with Gasteiger partial charge in [0.25, 0.3) is 0 Å². The number of allylic oxidation sites excluding steroid dienone is 2. The van der Waals surface area contributed by atoms with Gasteiger partial charge in [0.2, 0.25) is 0 Å². The minimum atomic E-state index is -0.573. The van der Waals surface area contributed by atoms with Gasteiger partial charge in [-0.15, -0.1) is 0 Å². The fraction of sp³-hybridized carbons (Fsp3) is 0.875. The number of carbonyl (C=O) groups excluding carboxylic acids is 3. The molecule has 7 heteroatoms. The van der Waals surface area contributed by atoms with E-state index in [2.05, 4.69) is 66.0 Å². The molecule has 2 amide bonds. The van der Waals surface area contributed by atoms with Gasteiger partial charge in [0, 0.05) is 12.5 Å². The SMILES string of the molecule is CC(C)C1=C2[C@H]3CC[C@@H]4[C@@]5(C)CCC(NC(=O)OCC6(NC(=O)OC(C)(C)C)CC6)C(C)(C)[C@@H]5CC[C@@]4(C)[C@]3(C)CC[C@@]2(C)CC1=O. The summed E-state index contributed by atoms with van der Waals surface area (Å²) in [6, 6.07) is 0.0389. The number of carbonyl (C=O) groups is 3. The highest BCUT2D eigenvalue weighted by atomic mass is 16.6. The lowest BCUT2D eigenvalue weighted by Gasteiger charge is -2.72. The molecule has 2 N–H and O–H groups in total. The van der Waals surface area contributed by atoms with Crippen LogP contribution in [0.2, 0.25) is 0 Å². The van der Waals surface area contributed by atoms with E-state index in [-0.39, 0.29) is 45.8 Å². The van der Waals surface area contributed by atoms with Crippen molar-refractivity contribution in [1.29, 1.82) is 0 Å². The van der Waals surface area contributed by atoms with Crippen LogP contribution in [0.15, 0.2) is 11.1 Å². The van der Waals surface area contributed by atoms with E-state index in [0.717, 1.165) is 32.1 Å². The maximum Gasteiger partial charge on any atom is 0.408 e. The molecule has 8 atom stereocenters. The Kier molecular flexibility index (Phi) is 8.13. The zero-order valence-electron chi connectivity index (χ0n) is 31.4. The summed E-state index contributed by atoms with van der Waals surface area (Å²) >= 11 is 0. The van der Waals surface area contributed by atoms with Crippen molar-refractivity contribution in [1.82, 2.24) is 10.6 Å². The molecule has 0 aromatic heterocycles. The summed E-state index contributed by atoms with van der Waals surface area (Å²) in [4.78, 5) is 39.0. The van der Waals surface area contributed by atoms with Crippen molar-refractivity contribution in [2.75, 3.05) is 6.61 Å². The normalized spacial score (nSPS) is 41.7. The van der Waals surface area contributed by atoms with Crippen molar-refractivity contribution in [2.45, 2.75) is 164 Å². The number of ketones is 1. The van der Waals surface area contributed by atoms with Crippen LogP contribution >= 0.6 is 0 Å². The maximum absolute atomic E-state index is 13.4. The van der Waals surface area contributed by atoms with Crippen LogP contribution in [0.4, 0.5) is 9.59 Å². The molecule has 6 aliphatic rings. The number of fused-ring (bicyclic) bond motifs is 7. The average Bonchev–Trinajstić information content (AvgIpc) is 3.63. The van der Waals surface area contributed by atoms with Crippen LogP contribution in [-0.4, -0.2) is 41.8 Å². The number of hydrogen-bond acceptors (Lipinski definition) is 5. The Morgan fingerprint density at radius 3 is 2.13 bits per heavy atom. The van der Waals surface area contributed by atoms with Crippen molar-refractivity contribution in [3.05, 3.63) is 11.1 Å². The Balaban J connectivity index is 1.16. The third-order valence-corrected chi connectivity index (χ3v) is 15.2. The molecule has 5 fully saturated rings. The number of nitrogens with one attached hydrogen (secondary N) is 2. The van der Waals surface area contributed by atoms with E-state index in [1.165, 1.54) is 37.7 Å². The predicted molar refractivity (Wildman–Crippen MR) is 185 cm³/mol. The zero-order valence-corrected chi connectivity index (χ0v) is 31.4. The van der Waals surface area contributed by atoms with Gasteiger partial charge in [-0.25, -0.2) is 9.59 Å². The number of ether oxygens (including phenoxy) is 2. The van der Waals surface area contributed by atoms with E-state index in [0.29, 0.717) is 35.9 Å². The van der Waals surface area contributed by atoms with Gasteiger partial charge in [-0.3, -0.25) is 4.79 Å². The van der Waals surface area contributed by atoms with Crippen molar-refractivity contribution in [2.24, 2.45) is 50.7 Å². The fourth-order valence-electron chi connectivity index (χ4n) is 12.5. The van der Waals surface area contributed by atoms with Crippen LogP contribution in [0.1, 0.15) is 147 Å². The largest absolute Gasteiger partial charge is 0.447 e. The Labute approximate surface area is 284 Å². The molecule has 6 rings (SSSR count). The molecule has 0 saturated heterocycles. The van der Waals surface area contributed by atoms with Crippen molar-refractivity contribution >= 4 is 18.0 Å². The summed E-state index contributed by atoms with van der Waals surface area (Å²) in [7, 11) is 0. The standard InChI is InChI=1S/C40H64N2O5/c1-24(2)30-26(43)22-36(8)18-19-38(10)25(31(30)36)12-13-28-37(9)16-15-29(35(6,7)27(37)14-17-39(28,38)11)41-32(44)46-23-40(20-21-40)42-33(45)47-34(3,4)5/h24-25,27-29H,12-23H2,1-11H3,(H,41,44)(H,42,45)/t25-,27+,28-,29?,36+,37+,38-,39-/m1/s1. The second kappa shape index (κ2) is 11.0. The van der Waals surface area contributed by atoms with E-state index in [9.17, 15) is 14.4 Å². The molecule has 0 spiro atoms.